The molecular formula is C11H18N2O2S2. The Hall–Kier alpha value is -0.620. The van der Waals surface area contributed by atoms with Crippen molar-refractivity contribution in [3.63, 3.8) is 0 Å². The third-order valence-electron chi connectivity index (χ3n) is 2.29. The molecule has 0 aromatic carbocycles. The van der Waals surface area contributed by atoms with E-state index < -0.39 is 5.97 Å². The van der Waals surface area contributed by atoms with Crippen molar-refractivity contribution in [2.75, 3.05) is 17.8 Å². The summed E-state index contributed by atoms with van der Waals surface area (Å²) in [5.74, 6) is 0.912. The molecule has 0 fully saturated rings. The second-order valence-corrected chi connectivity index (χ2v) is 5.89. The molecule has 0 aliphatic carbocycles. The molecule has 0 radical (unpaired) electrons. The number of aliphatic carboxylic acids is 1. The minimum Gasteiger partial charge on any atom is -0.481 e. The molecule has 0 spiro atoms. The van der Waals surface area contributed by atoms with Crippen LogP contribution in [0.25, 0.3) is 0 Å². The second kappa shape index (κ2) is 6.96. The molecule has 0 aliphatic heterocycles. The Morgan fingerprint density at radius 2 is 2.35 bits per heavy atom. The Balaban J connectivity index is 2.68. The van der Waals surface area contributed by atoms with Gasteiger partial charge in [-0.25, -0.2) is 4.98 Å². The van der Waals surface area contributed by atoms with Gasteiger partial charge in [-0.05, 0) is 24.9 Å². The number of carboxylic acid groups (broad SMARTS) is 1. The van der Waals surface area contributed by atoms with Gasteiger partial charge in [-0.3, -0.25) is 4.79 Å². The van der Waals surface area contributed by atoms with Crippen LogP contribution in [0.1, 0.15) is 12.6 Å². The summed E-state index contributed by atoms with van der Waals surface area (Å²) >= 11 is 3.11. The van der Waals surface area contributed by atoms with Crippen molar-refractivity contribution in [2.45, 2.75) is 25.5 Å². The van der Waals surface area contributed by atoms with E-state index in [9.17, 15) is 4.79 Å². The predicted octanol–water partition coefficient (Wildman–Crippen LogP) is 2.37. The van der Waals surface area contributed by atoms with Crippen molar-refractivity contribution in [2.24, 2.45) is 5.92 Å². The van der Waals surface area contributed by atoms with Crippen LogP contribution in [0.5, 0.6) is 0 Å². The van der Waals surface area contributed by atoms with Crippen molar-refractivity contribution < 1.29 is 9.90 Å². The standard InChI is InChI=1S/C11H18N2O2S2/c1-8(6-16-3)5-13-9(2)4-12-11(13)17-7-10(14)15/h4,8H,5-7H2,1-3H3,(H,14,15). The van der Waals surface area contributed by atoms with Gasteiger partial charge in [-0.1, -0.05) is 18.7 Å². The molecule has 0 bridgehead atoms. The van der Waals surface area contributed by atoms with Crippen LogP contribution in [-0.4, -0.2) is 38.4 Å². The average molecular weight is 274 g/mol. The molecule has 96 valence electrons. The quantitative estimate of drug-likeness (QED) is 0.774. The first-order valence-electron chi connectivity index (χ1n) is 5.40. The average Bonchev–Trinajstić information content (AvgIpc) is 2.58. The van der Waals surface area contributed by atoms with Crippen LogP contribution in [0.3, 0.4) is 0 Å². The van der Waals surface area contributed by atoms with Crippen LogP contribution in [-0.2, 0) is 11.3 Å². The monoisotopic (exact) mass is 274 g/mol. The lowest BCUT2D eigenvalue weighted by Crippen LogP contribution is -2.12. The van der Waals surface area contributed by atoms with Crippen LogP contribution in [0.4, 0.5) is 0 Å². The predicted molar refractivity (Wildman–Crippen MR) is 72.9 cm³/mol. The Morgan fingerprint density at radius 1 is 1.65 bits per heavy atom. The Morgan fingerprint density at radius 3 is 2.94 bits per heavy atom. The highest BCUT2D eigenvalue weighted by molar-refractivity contribution is 7.99. The largest absolute Gasteiger partial charge is 0.481 e. The first-order valence-corrected chi connectivity index (χ1v) is 7.78. The number of carboxylic acids is 1. The van der Waals surface area contributed by atoms with E-state index in [-0.39, 0.29) is 5.75 Å². The lowest BCUT2D eigenvalue weighted by atomic mass is 10.2. The highest BCUT2D eigenvalue weighted by atomic mass is 32.2. The summed E-state index contributed by atoms with van der Waals surface area (Å²) in [4.78, 5) is 14.8. The molecule has 1 heterocycles. The minimum atomic E-state index is -0.806. The maximum Gasteiger partial charge on any atom is 0.313 e. The van der Waals surface area contributed by atoms with Gasteiger partial charge in [0.1, 0.15) is 0 Å². The molecule has 1 N–H and O–H groups in total. The summed E-state index contributed by atoms with van der Waals surface area (Å²) in [6.07, 6.45) is 3.90. The van der Waals surface area contributed by atoms with Gasteiger partial charge in [0.2, 0.25) is 0 Å². The molecule has 6 heteroatoms. The fourth-order valence-corrected chi connectivity index (χ4v) is 2.98. The topological polar surface area (TPSA) is 55.1 Å². The molecule has 0 aliphatic rings. The van der Waals surface area contributed by atoms with Crippen LogP contribution < -0.4 is 0 Å². The molecule has 0 saturated carbocycles. The molecule has 1 aromatic rings. The van der Waals surface area contributed by atoms with E-state index in [1.807, 2.05) is 18.7 Å². The number of carbonyl (C=O) groups is 1. The van der Waals surface area contributed by atoms with E-state index in [2.05, 4.69) is 22.7 Å². The van der Waals surface area contributed by atoms with Gasteiger partial charge < -0.3 is 9.67 Å². The Labute approximate surface area is 110 Å². The van der Waals surface area contributed by atoms with Crippen LogP contribution in [0.2, 0.25) is 0 Å². The fourth-order valence-electron chi connectivity index (χ4n) is 1.55. The maximum atomic E-state index is 10.6. The molecule has 1 aromatic heterocycles. The van der Waals surface area contributed by atoms with Gasteiger partial charge in [0, 0.05) is 18.4 Å². The van der Waals surface area contributed by atoms with E-state index >= 15 is 0 Å². The van der Waals surface area contributed by atoms with Crippen LogP contribution >= 0.6 is 23.5 Å². The smallest absolute Gasteiger partial charge is 0.313 e. The normalized spacial score (nSPS) is 12.6. The third kappa shape index (κ3) is 4.63. The lowest BCUT2D eigenvalue weighted by Gasteiger charge is -2.14. The van der Waals surface area contributed by atoms with Crippen LogP contribution in [0.15, 0.2) is 11.4 Å². The molecule has 17 heavy (non-hydrogen) atoms. The number of hydrogen-bond acceptors (Lipinski definition) is 4. The number of thioether (sulfide) groups is 2. The highest BCUT2D eigenvalue weighted by Crippen LogP contribution is 2.20. The van der Waals surface area contributed by atoms with Gasteiger partial charge in [0.05, 0.1) is 5.75 Å². The van der Waals surface area contributed by atoms with Gasteiger partial charge in [0.25, 0.3) is 0 Å². The van der Waals surface area contributed by atoms with E-state index in [4.69, 9.17) is 5.11 Å². The first-order chi connectivity index (χ1) is 8.04. The van der Waals surface area contributed by atoms with Crippen molar-refractivity contribution in [1.29, 1.82) is 0 Å². The molecule has 0 saturated heterocycles. The third-order valence-corrected chi connectivity index (χ3v) is 4.17. The number of hydrogen-bond donors (Lipinski definition) is 1. The van der Waals surface area contributed by atoms with E-state index in [1.165, 1.54) is 11.8 Å². The lowest BCUT2D eigenvalue weighted by molar-refractivity contribution is -0.133. The summed E-state index contributed by atoms with van der Waals surface area (Å²) in [5, 5.41) is 9.48. The van der Waals surface area contributed by atoms with Crippen molar-refractivity contribution in [1.82, 2.24) is 9.55 Å². The van der Waals surface area contributed by atoms with Gasteiger partial charge in [-0.15, -0.1) is 0 Å². The molecule has 0 amide bonds. The van der Waals surface area contributed by atoms with Gasteiger partial charge >= 0.3 is 5.97 Å². The zero-order chi connectivity index (χ0) is 12.8. The summed E-state index contributed by atoms with van der Waals surface area (Å²) in [5.41, 5.74) is 1.09. The molecule has 4 nitrogen and oxygen atoms in total. The highest BCUT2D eigenvalue weighted by Gasteiger charge is 2.12. The van der Waals surface area contributed by atoms with Crippen LogP contribution in [0, 0.1) is 12.8 Å². The van der Waals surface area contributed by atoms with E-state index in [0.717, 1.165) is 23.1 Å². The Bertz CT molecular complexity index is 380. The number of aryl methyl sites for hydroxylation is 1. The maximum absolute atomic E-state index is 10.6. The van der Waals surface area contributed by atoms with Crippen molar-refractivity contribution in [3.05, 3.63) is 11.9 Å². The zero-order valence-electron chi connectivity index (χ0n) is 10.3. The molecule has 1 atom stereocenters. The summed E-state index contributed by atoms with van der Waals surface area (Å²) in [6.45, 7) is 5.10. The fraction of sp³-hybridized carbons (Fsp3) is 0.636. The van der Waals surface area contributed by atoms with Gasteiger partial charge in [0.15, 0.2) is 5.16 Å². The summed E-state index contributed by atoms with van der Waals surface area (Å²) < 4.78 is 2.11. The molecule has 1 rings (SSSR count). The summed E-state index contributed by atoms with van der Waals surface area (Å²) in [7, 11) is 0. The molecular weight excluding hydrogens is 256 g/mol. The summed E-state index contributed by atoms with van der Waals surface area (Å²) in [6, 6.07) is 0. The van der Waals surface area contributed by atoms with Gasteiger partial charge in [-0.2, -0.15) is 11.8 Å². The SMILES string of the molecule is CSCC(C)Cn1c(C)cnc1SCC(=O)O. The number of aromatic nitrogens is 2. The van der Waals surface area contributed by atoms with E-state index in [0.29, 0.717) is 5.92 Å². The van der Waals surface area contributed by atoms with Crippen molar-refractivity contribution >= 4 is 29.5 Å². The molecule has 1 unspecified atom stereocenters. The second-order valence-electron chi connectivity index (χ2n) is 4.04. The number of rotatable bonds is 7. The zero-order valence-corrected chi connectivity index (χ0v) is 12.0. The number of nitrogens with zero attached hydrogens (tertiary/aromatic N) is 2. The van der Waals surface area contributed by atoms with E-state index in [1.54, 1.807) is 6.20 Å². The first kappa shape index (κ1) is 14.4. The Kier molecular flexibility index (Phi) is 5.91. The van der Waals surface area contributed by atoms with Crippen molar-refractivity contribution in [3.8, 4) is 0 Å². The minimum absolute atomic E-state index is 0.0629. The number of imidazole rings is 1.